The van der Waals surface area contributed by atoms with E-state index in [4.69, 9.17) is 9.47 Å². The Morgan fingerprint density at radius 3 is 2.48 bits per heavy atom. The lowest BCUT2D eigenvalue weighted by Gasteiger charge is -2.30. The fourth-order valence-corrected chi connectivity index (χ4v) is 3.17. The molecule has 118 valence electrons. The van der Waals surface area contributed by atoms with Crippen molar-refractivity contribution in [3.05, 3.63) is 29.6 Å². The summed E-state index contributed by atoms with van der Waals surface area (Å²) in [5.74, 6) is -0.0532. The molecule has 2 rings (SSSR count). The minimum Gasteiger partial charge on any atom is -0.494 e. The van der Waals surface area contributed by atoms with Crippen molar-refractivity contribution in [3.8, 4) is 5.75 Å². The lowest BCUT2D eigenvalue weighted by atomic mass is 9.93. The van der Waals surface area contributed by atoms with Crippen LogP contribution in [0.3, 0.4) is 0 Å². The Bertz CT molecular complexity index is 514. The lowest BCUT2D eigenvalue weighted by molar-refractivity contribution is -0.0703. The number of benzene rings is 1. The maximum absolute atomic E-state index is 13.8. The zero-order chi connectivity index (χ0) is 15.8. The SMILES string of the molecule is COc1ccc(C(C)NC2CC(C)(C)OC2(C)C)cc1F. The lowest BCUT2D eigenvalue weighted by Crippen LogP contribution is -2.44. The first-order chi connectivity index (χ1) is 9.64. The van der Waals surface area contributed by atoms with E-state index in [1.54, 1.807) is 6.07 Å². The van der Waals surface area contributed by atoms with Crippen molar-refractivity contribution in [2.45, 2.75) is 64.3 Å². The van der Waals surface area contributed by atoms with Gasteiger partial charge in [-0.2, -0.15) is 0 Å². The first kappa shape index (κ1) is 16.2. The van der Waals surface area contributed by atoms with Crippen LogP contribution >= 0.6 is 0 Å². The molecule has 1 heterocycles. The molecule has 0 spiro atoms. The number of rotatable bonds is 4. The van der Waals surface area contributed by atoms with Crippen LogP contribution < -0.4 is 10.1 Å². The summed E-state index contributed by atoms with van der Waals surface area (Å²) in [7, 11) is 1.47. The fraction of sp³-hybridized carbons (Fsp3) is 0.647. The van der Waals surface area contributed by atoms with Gasteiger partial charge in [0, 0.05) is 12.1 Å². The zero-order valence-electron chi connectivity index (χ0n) is 13.8. The second kappa shape index (κ2) is 5.58. The highest BCUT2D eigenvalue weighted by Crippen LogP contribution is 2.38. The van der Waals surface area contributed by atoms with Gasteiger partial charge in [-0.15, -0.1) is 0 Å². The first-order valence-electron chi connectivity index (χ1n) is 7.44. The molecule has 2 unspecified atom stereocenters. The van der Waals surface area contributed by atoms with E-state index in [1.807, 2.05) is 13.0 Å². The van der Waals surface area contributed by atoms with Crippen LogP contribution in [0.5, 0.6) is 5.75 Å². The van der Waals surface area contributed by atoms with Crippen molar-refractivity contribution >= 4 is 0 Å². The van der Waals surface area contributed by atoms with Crippen LogP contribution in [-0.4, -0.2) is 24.4 Å². The number of ether oxygens (including phenoxy) is 2. The van der Waals surface area contributed by atoms with Crippen molar-refractivity contribution in [2.75, 3.05) is 7.11 Å². The van der Waals surface area contributed by atoms with Crippen molar-refractivity contribution in [1.29, 1.82) is 0 Å². The van der Waals surface area contributed by atoms with E-state index in [0.29, 0.717) is 0 Å². The molecule has 0 radical (unpaired) electrons. The van der Waals surface area contributed by atoms with E-state index in [0.717, 1.165) is 12.0 Å². The third-order valence-electron chi connectivity index (χ3n) is 4.20. The summed E-state index contributed by atoms with van der Waals surface area (Å²) in [4.78, 5) is 0. The molecule has 1 aliphatic rings. The molecule has 0 aliphatic carbocycles. The molecule has 1 saturated heterocycles. The normalized spacial score (nSPS) is 24.8. The Labute approximate surface area is 126 Å². The monoisotopic (exact) mass is 295 g/mol. The van der Waals surface area contributed by atoms with Gasteiger partial charge in [-0.05, 0) is 58.7 Å². The molecule has 0 saturated carbocycles. The van der Waals surface area contributed by atoms with E-state index in [-0.39, 0.29) is 34.9 Å². The quantitative estimate of drug-likeness (QED) is 0.915. The minimum absolute atomic E-state index is 0.0483. The molecule has 1 aromatic rings. The predicted molar refractivity (Wildman–Crippen MR) is 82.2 cm³/mol. The Morgan fingerprint density at radius 2 is 2.00 bits per heavy atom. The summed E-state index contributed by atoms with van der Waals surface area (Å²) in [6, 6.07) is 5.38. The number of methoxy groups -OCH3 is 1. The highest BCUT2D eigenvalue weighted by molar-refractivity contribution is 5.31. The highest BCUT2D eigenvalue weighted by atomic mass is 19.1. The van der Waals surface area contributed by atoms with Gasteiger partial charge in [-0.1, -0.05) is 6.07 Å². The van der Waals surface area contributed by atoms with Gasteiger partial charge in [0.2, 0.25) is 0 Å². The molecule has 1 aromatic carbocycles. The third-order valence-corrected chi connectivity index (χ3v) is 4.20. The smallest absolute Gasteiger partial charge is 0.165 e. The summed E-state index contributed by atoms with van der Waals surface area (Å²) in [5.41, 5.74) is 0.545. The molecular formula is C17H26FNO2. The molecule has 2 atom stereocenters. The summed E-state index contributed by atoms with van der Waals surface area (Å²) < 4.78 is 24.9. The average Bonchev–Trinajstić information content (AvgIpc) is 2.56. The summed E-state index contributed by atoms with van der Waals surface area (Å²) >= 11 is 0. The first-order valence-corrected chi connectivity index (χ1v) is 7.44. The van der Waals surface area contributed by atoms with Gasteiger partial charge >= 0.3 is 0 Å². The Hall–Kier alpha value is -1.13. The van der Waals surface area contributed by atoms with E-state index in [2.05, 4.69) is 33.0 Å². The van der Waals surface area contributed by atoms with Gasteiger partial charge in [-0.25, -0.2) is 4.39 Å². The molecular weight excluding hydrogens is 269 g/mol. The Morgan fingerprint density at radius 1 is 1.33 bits per heavy atom. The minimum atomic E-state index is -0.328. The zero-order valence-corrected chi connectivity index (χ0v) is 13.8. The fourth-order valence-electron chi connectivity index (χ4n) is 3.17. The van der Waals surface area contributed by atoms with Crippen LogP contribution in [0.2, 0.25) is 0 Å². The van der Waals surface area contributed by atoms with E-state index in [1.165, 1.54) is 13.2 Å². The predicted octanol–water partition coefficient (Wildman–Crippen LogP) is 3.83. The van der Waals surface area contributed by atoms with E-state index >= 15 is 0 Å². The van der Waals surface area contributed by atoms with Gasteiger partial charge < -0.3 is 14.8 Å². The van der Waals surface area contributed by atoms with Gasteiger partial charge in [0.1, 0.15) is 0 Å². The maximum atomic E-state index is 13.8. The number of halogens is 1. The van der Waals surface area contributed by atoms with Crippen LogP contribution in [-0.2, 0) is 4.74 Å². The summed E-state index contributed by atoms with van der Waals surface area (Å²) in [5, 5.41) is 3.57. The molecule has 3 nitrogen and oxygen atoms in total. The molecule has 0 aromatic heterocycles. The molecule has 1 N–H and O–H groups in total. The molecule has 1 fully saturated rings. The van der Waals surface area contributed by atoms with Crippen molar-refractivity contribution in [1.82, 2.24) is 5.32 Å². The Kier molecular flexibility index (Phi) is 4.31. The molecule has 0 amide bonds. The van der Waals surface area contributed by atoms with Crippen molar-refractivity contribution < 1.29 is 13.9 Å². The van der Waals surface area contributed by atoms with Crippen molar-refractivity contribution in [2.24, 2.45) is 0 Å². The second-order valence-electron chi connectivity index (χ2n) is 7.00. The average molecular weight is 295 g/mol. The van der Waals surface area contributed by atoms with Gasteiger partial charge in [-0.3, -0.25) is 0 Å². The maximum Gasteiger partial charge on any atom is 0.165 e. The Balaban J connectivity index is 2.11. The molecule has 4 heteroatoms. The van der Waals surface area contributed by atoms with Crippen LogP contribution in [0.25, 0.3) is 0 Å². The third kappa shape index (κ3) is 3.55. The van der Waals surface area contributed by atoms with E-state index in [9.17, 15) is 4.39 Å². The molecule has 21 heavy (non-hydrogen) atoms. The van der Waals surface area contributed by atoms with Crippen LogP contribution in [0.4, 0.5) is 4.39 Å². The van der Waals surface area contributed by atoms with Gasteiger partial charge in [0.25, 0.3) is 0 Å². The van der Waals surface area contributed by atoms with Crippen LogP contribution in [0.15, 0.2) is 18.2 Å². The molecule has 0 bridgehead atoms. The van der Waals surface area contributed by atoms with Crippen LogP contribution in [0, 0.1) is 5.82 Å². The van der Waals surface area contributed by atoms with Crippen LogP contribution in [0.1, 0.15) is 52.6 Å². The van der Waals surface area contributed by atoms with Crippen molar-refractivity contribution in [3.63, 3.8) is 0 Å². The summed E-state index contributed by atoms with van der Waals surface area (Å²) in [6.45, 7) is 10.5. The molecule has 1 aliphatic heterocycles. The second-order valence-corrected chi connectivity index (χ2v) is 7.00. The van der Waals surface area contributed by atoms with Gasteiger partial charge in [0.15, 0.2) is 11.6 Å². The number of nitrogens with one attached hydrogen (secondary N) is 1. The topological polar surface area (TPSA) is 30.5 Å². The standard InChI is InChI=1S/C17H26FNO2/c1-11(12-7-8-14(20-6)13(18)9-12)19-15-10-16(2,3)21-17(15,4)5/h7-9,11,15,19H,10H2,1-6H3. The number of hydrogen-bond acceptors (Lipinski definition) is 3. The van der Waals surface area contributed by atoms with E-state index < -0.39 is 0 Å². The van der Waals surface area contributed by atoms with Gasteiger partial charge in [0.05, 0.1) is 18.3 Å². The highest BCUT2D eigenvalue weighted by Gasteiger charge is 2.46. The summed E-state index contributed by atoms with van der Waals surface area (Å²) in [6.07, 6.45) is 0.934. The largest absolute Gasteiger partial charge is 0.494 e. The number of hydrogen-bond donors (Lipinski definition) is 1.